The van der Waals surface area contributed by atoms with Gasteiger partial charge in [-0.15, -0.1) is 0 Å². The van der Waals surface area contributed by atoms with Crippen molar-refractivity contribution >= 4 is 18.1 Å². The van der Waals surface area contributed by atoms with Gasteiger partial charge in [-0.3, -0.25) is 0 Å². The van der Waals surface area contributed by atoms with Gasteiger partial charge in [0.15, 0.2) is 58.2 Å². The molecule has 0 aliphatic heterocycles. The Balaban J connectivity index is 0.000000223. The summed E-state index contributed by atoms with van der Waals surface area (Å²) in [5, 5.41) is 16.6. The van der Waals surface area contributed by atoms with E-state index in [1.807, 2.05) is 0 Å². The smallest absolute Gasteiger partial charge is 0.512 e. The van der Waals surface area contributed by atoms with Crippen molar-refractivity contribution in [1.82, 2.24) is 0 Å². The predicted octanol–water partition coefficient (Wildman–Crippen LogP) is 6.35. The molecule has 0 saturated heterocycles. The second-order valence-corrected chi connectivity index (χ2v) is 7.16. The minimum Gasteiger partial charge on any atom is -0.512 e. The van der Waals surface area contributed by atoms with Crippen molar-refractivity contribution in [2.45, 2.75) is 0 Å². The van der Waals surface area contributed by atoms with E-state index in [9.17, 15) is 57.1 Å². The lowest BCUT2D eigenvalue weighted by molar-refractivity contribution is 0.289. The van der Waals surface area contributed by atoms with Gasteiger partial charge >= 0.3 is 7.32 Å². The fraction of sp³-hybridized carbons (Fsp3) is 0. The number of halogens is 13. The summed E-state index contributed by atoms with van der Waals surface area (Å²) in [5.74, 6) is -30.3. The monoisotopic (exact) mass is 576 g/mol. The highest BCUT2D eigenvalue weighted by molar-refractivity contribution is 6.34. The van der Waals surface area contributed by atoms with Crippen molar-refractivity contribution in [2.24, 2.45) is 0 Å². The standard InChI is InChI=1S/C12F10.C10H6BF3O3/c13-3-1(4(14)8(18)11(21)7(3)17)2-5(15)9(19)12(22)10(20)6(2)16;12-6-3-4-8(17-11(15)16)5-1-2-7(13)10(14)9(5)6/h;1-4,15-16H. The van der Waals surface area contributed by atoms with E-state index in [1.54, 1.807) is 0 Å². The molecule has 17 heteroatoms. The molecule has 0 aromatic heterocycles. The number of hydrogen-bond acceptors (Lipinski definition) is 3. The second-order valence-electron chi connectivity index (χ2n) is 7.16. The first-order valence-electron chi connectivity index (χ1n) is 9.73. The Morgan fingerprint density at radius 1 is 0.436 bits per heavy atom. The maximum Gasteiger partial charge on any atom is 0.707 e. The average Bonchev–Trinajstić information content (AvgIpc) is 2.89. The summed E-state index contributed by atoms with van der Waals surface area (Å²) in [4.78, 5) is 0. The molecule has 0 saturated carbocycles. The molecule has 0 unspecified atom stereocenters. The highest BCUT2D eigenvalue weighted by atomic mass is 19.2. The molecule has 206 valence electrons. The van der Waals surface area contributed by atoms with Gasteiger partial charge < -0.3 is 14.7 Å². The van der Waals surface area contributed by atoms with Crippen molar-refractivity contribution in [1.29, 1.82) is 0 Å². The third-order valence-corrected chi connectivity index (χ3v) is 4.88. The molecule has 0 radical (unpaired) electrons. The molecule has 0 spiro atoms. The van der Waals surface area contributed by atoms with Gasteiger partial charge in [-0.2, -0.15) is 0 Å². The first-order chi connectivity index (χ1) is 18.1. The molecule has 0 amide bonds. The van der Waals surface area contributed by atoms with Gasteiger partial charge in [0.05, 0.1) is 16.5 Å². The van der Waals surface area contributed by atoms with Crippen LogP contribution in [0.1, 0.15) is 0 Å². The number of rotatable bonds is 3. The van der Waals surface area contributed by atoms with Crippen molar-refractivity contribution in [2.75, 3.05) is 0 Å². The van der Waals surface area contributed by atoms with Gasteiger partial charge in [0.25, 0.3) is 0 Å². The van der Waals surface area contributed by atoms with E-state index >= 15 is 0 Å². The van der Waals surface area contributed by atoms with E-state index in [0.717, 1.165) is 24.3 Å². The van der Waals surface area contributed by atoms with Crippen LogP contribution in [0.4, 0.5) is 57.1 Å². The molecule has 0 heterocycles. The average molecular weight is 576 g/mol. The molecule has 0 fully saturated rings. The van der Waals surface area contributed by atoms with Crippen LogP contribution in [0, 0.1) is 75.6 Å². The third-order valence-electron chi connectivity index (χ3n) is 4.88. The molecule has 4 aromatic carbocycles. The molecule has 3 nitrogen and oxygen atoms in total. The van der Waals surface area contributed by atoms with E-state index in [4.69, 9.17) is 10.0 Å². The Kier molecular flexibility index (Phi) is 8.35. The molecule has 0 aliphatic rings. The van der Waals surface area contributed by atoms with Crippen LogP contribution in [0.3, 0.4) is 0 Å². The van der Waals surface area contributed by atoms with Crippen molar-refractivity contribution < 1.29 is 71.8 Å². The van der Waals surface area contributed by atoms with Crippen LogP contribution in [0.15, 0.2) is 24.3 Å². The topological polar surface area (TPSA) is 49.7 Å². The van der Waals surface area contributed by atoms with Gasteiger partial charge in [0.1, 0.15) is 11.6 Å². The van der Waals surface area contributed by atoms with Crippen LogP contribution in [0.2, 0.25) is 0 Å². The lowest BCUT2D eigenvalue weighted by Gasteiger charge is -2.11. The first kappa shape index (κ1) is 29.6. The zero-order valence-electron chi connectivity index (χ0n) is 18.1. The Bertz CT molecular complexity index is 1490. The highest BCUT2D eigenvalue weighted by Crippen LogP contribution is 2.37. The molecule has 0 bridgehead atoms. The van der Waals surface area contributed by atoms with Gasteiger partial charge in [-0.25, -0.2) is 57.1 Å². The maximum absolute atomic E-state index is 13.4. The van der Waals surface area contributed by atoms with Gasteiger partial charge in [0, 0.05) is 5.39 Å². The minimum atomic E-state index is -2.68. The van der Waals surface area contributed by atoms with Crippen LogP contribution in [0.25, 0.3) is 21.9 Å². The van der Waals surface area contributed by atoms with E-state index in [2.05, 4.69) is 4.65 Å². The number of fused-ring (bicyclic) bond motifs is 1. The van der Waals surface area contributed by atoms with Crippen LogP contribution < -0.4 is 4.65 Å². The summed E-state index contributed by atoms with van der Waals surface area (Å²) < 4.78 is 175. The van der Waals surface area contributed by atoms with E-state index in [0.29, 0.717) is 0 Å². The lowest BCUT2D eigenvalue weighted by Crippen LogP contribution is -2.20. The van der Waals surface area contributed by atoms with Crippen molar-refractivity contribution in [3.05, 3.63) is 99.9 Å². The van der Waals surface area contributed by atoms with E-state index in [1.165, 1.54) is 0 Å². The molecular formula is C22H6BF13O3. The molecule has 0 atom stereocenters. The predicted molar refractivity (Wildman–Crippen MR) is 106 cm³/mol. The maximum atomic E-state index is 13.4. The summed E-state index contributed by atoms with van der Waals surface area (Å²) >= 11 is 0. The fourth-order valence-electron chi connectivity index (χ4n) is 3.18. The van der Waals surface area contributed by atoms with Gasteiger partial charge in [0.2, 0.25) is 11.6 Å². The van der Waals surface area contributed by atoms with Crippen LogP contribution >= 0.6 is 0 Å². The normalized spacial score (nSPS) is 10.9. The van der Waals surface area contributed by atoms with Gasteiger partial charge in [-0.05, 0) is 24.3 Å². The second kappa shape index (κ2) is 11.0. The van der Waals surface area contributed by atoms with Crippen LogP contribution in [-0.4, -0.2) is 17.4 Å². The van der Waals surface area contributed by atoms with Crippen molar-refractivity contribution in [3.8, 4) is 16.9 Å². The van der Waals surface area contributed by atoms with Crippen LogP contribution in [0.5, 0.6) is 5.75 Å². The highest BCUT2D eigenvalue weighted by Gasteiger charge is 2.34. The SMILES string of the molecule is Fc1c(F)c(F)c(-c2c(F)c(F)c(F)c(F)c2F)c(F)c1F.OB(O)Oc1ccc(F)c2c(F)c(F)ccc12. The Hall–Kier alpha value is -3.99. The molecular weight excluding hydrogens is 570 g/mol. The fourth-order valence-corrected chi connectivity index (χ4v) is 3.18. The lowest BCUT2D eigenvalue weighted by atomic mass is 10.0. The zero-order chi connectivity index (χ0) is 29.5. The summed E-state index contributed by atoms with van der Waals surface area (Å²) in [5.41, 5.74) is -4.52. The van der Waals surface area contributed by atoms with Gasteiger partial charge in [-0.1, -0.05) is 0 Å². The summed E-state index contributed by atoms with van der Waals surface area (Å²) in [7, 11) is -2.13. The Morgan fingerprint density at radius 3 is 1.18 bits per heavy atom. The van der Waals surface area contributed by atoms with E-state index < -0.39 is 99.5 Å². The van der Waals surface area contributed by atoms with E-state index in [-0.39, 0.29) is 11.1 Å². The number of hydrogen-bond donors (Lipinski definition) is 2. The zero-order valence-corrected chi connectivity index (χ0v) is 18.1. The summed E-state index contributed by atoms with van der Waals surface area (Å²) in [6.07, 6.45) is 0. The molecule has 39 heavy (non-hydrogen) atoms. The third kappa shape index (κ3) is 5.18. The minimum absolute atomic E-state index is 0.0861. The molecule has 4 aromatic rings. The van der Waals surface area contributed by atoms with Crippen molar-refractivity contribution in [3.63, 3.8) is 0 Å². The van der Waals surface area contributed by atoms with Crippen LogP contribution in [-0.2, 0) is 0 Å². The first-order valence-corrected chi connectivity index (χ1v) is 9.73. The summed E-state index contributed by atoms with van der Waals surface area (Å²) in [6, 6.07) is 3.83. The molecule has 2 N–H and O–H groups in total. The number of benzene rings is 4. The summed E-state index contributed by atoms with van der Waals surface area (Å²) in [6.45, 7) is 0. The molecule has 4 rings (SSSR count). The largest absolute Gasteiger partial charge is 0.707 e. The quantitative estimate of drug-likeness (QED) is 0.130. The Morgan fingerprint density at radius 2 is 0.795 bits per heavy atom. The molecule has 0 aliphatic carbocycles. The Labute approximate surface area is 207 Å².